The number of ether oxygens (including phenoxy) is 1. The maximum absolute atomic E-state index is 12.2. The molecule has 4 N–H and O–H groups in total. The Kier molecular flexibility index (Phi) is 9.41. The van der Waals surface area contributed by atoms with Crippen molar-refractivity contribution in [2.75, 3.05) is 18.4 Å². The van der Waals surface area contributed by atoms with Crippen molar-refractivity contribution in [2.24, 2.45) is 0 Å². The largest absolute Gasteiger partial charge is 0.444 e. The summed E-state index contributed by atoms with van der Waals surface area (Å²) in [5.41, 5.74) is 1.11. The van der Waals surface area contributed by atoms with Crippen molar-refractivity contribution < 1.29 is 23.9 Å². The van der Waals surface area contributed by atoms with Gasteiger partial charge < -0.3 is 26.0 Å². The predicted octanol–water partition coefficient (Wildman–Crippen LogP) is 2.59. The number of amides is 4. The Balaban J connectivity index is 1.77. The molecule has 9 heteroatoms. The molecule has 2 rings (SSSR count). The molecule has 0 aliphatic rings. The van der Waals surface area contributed by atoms with E-state index in [1.54, 1.807) is 75.4 Å². The molecule has 0 unspecified atom stereocenters. The van der Waals surface area contributed by atoms with Crippen LogP contribution in [-0.4, -0.2) is 42.5 Å². The summed E-state index contributed by atoms with van der Waals surface area (Å²) in [6.45, 7) is 5.40. The summed E-state index contributed by atoms with van der Waals surface area (Å²) in [4.78, 5) is 48.0. The first kappa shape index (κ1) is 25.4. The Morgan fingerprint density at radius 3 is 2.18 bits per heavy atom. The van der Waals surface area contributed by atoms with Crippen LogP contribution in [-0.2, 0) is 20.9 Å². The number of nitrogens with one attached hydrogen (secondary N) is 4. The third kappa shape index (κ3) is 9.86. The summed E-state index contributed by atoms with van der Waals surface area (Å²) in [7, 11) is 0. The highest BCUT2D eigenvalue weighted by atomic mass is 16.6. The standard InChI is InChI=1S/C24H30N4O5/c1-24(2,3)33-23(32)25-14-13-20(29)28-19-12-8-7-11-18(19)15-26-21(30)16-27-22(31)17-9-5-4-6-10-17/h4-12H,13-16H2,1-3H3,(H,25,32)(H,26,30)(H,27,31)(H,28,29). The van der Waals surface area contributed by atoms with Crippen LogP contribution in [0.1, 0.15) is 43.1 Å². The molecule has 176 valence electrons. The Hall–Kier alpha value is -3.88. The number of benzene rings is 2. The van der Waals surface area contributed by atoms with Crippen LogP contribution in [0.3, 0.4) is 0 Å². The summed E-state index contributed by atoms with van der Waals surface area (Å²) in [5.74, 6) is -0.986. The summed E-state index contributed by atoms with van der Waals surface area (Å²) in [6, 6.07) is 15.7. The predicted molar refractivity (Wildman–Crippen MR) is 125 cm³/mol. The summed E-state index contributed by atoms with van der Waals surface area (Å²) in [6.07, 6.45) is -0.524. The van der Waals surface area contributed by atoms with Crippen molar-refractivity contribution >= 4 is 29.5 Å². The molecule has 0 saturated carbocycles. The fraction of sp³-hybridized carbons (Fsp3) is 0.333. The zero-order valence-corrected chi connectivity index (χ0v) is 19.1. The first-order valence-corrected chi connectivity index (χ1v) is 10.6. The number of hydrogen-bond acceptors (Lipinski definition) is 5. The van der Waals surface area contributed by atoms with Crippen molar-refractivity contribution in [1.82, 2.24) is 16.0 Å². The topological polar surface area (TPSA) is 126 Å². The van der Waals surface area contributed by atoms with E-state index in [0.717, 1.165) is 0 Å². The van der Waals surface area contributed by atoms with Crippen LogP contribution in [0.15, 0.2) is 54.6 Å². The first-order valence-electron chi connectivity index (χ1n) is 10.6. The van der Waals surface area contributed by atoms with Crippen molar-refractivity contribution in [3.8, 4) is 0 Å². The van der Waals surface area contributed by atoms with Gasteiger partial charge >= 0.3 is 6.09 Å². The molecule has 2 aromatic rings. The number of carbonyl (C=O) groups is 4. The molecule has 0 atom stereocenters. The van der Waals surface area contributed by atoms with E-state index in [9.17, 15) is 19.2 Å². The van der Waals surface area contributed by atoms with Crippen LogP contribution in [0.5, 0.6) is 0 Å². The molecule has 0 aliphatic heterocycles. The number of alkyl carbamates (subject to hydrolysis) is 1. The van der Waals surface area contributed by atoms with E-state index in [4.69, 9.17) is 4.74 Å². The molecule has 0 spiro atoms. The van der Waals surface area contributed by atoms with Gasteiger partial charge in [-0.25, -0.2) is 4.79 Å². The zero-order chi connectivity index (χ0) is 24.3. The summed E-state index contributed by atoms with van der Waals surface area (Å²) >= 11 is 0. The van der Waals surface area contributed by atoms with Gasteiger partial charge in [-0.2, -0.15) is 0 Å². The van der Waals surface area contributed by atoms with E-state index in [1.165, 1.54) is 0 Å². The molecule has 2 aromatic carbocycles. The molecule has 0 saturated heterocycles. The number of rotatable bonds is 9. The number of para-hydroxylation sites is 1. The van der Waals surface area contributed by atoms with Crippen LogP contribution in [0.2, 0.25) is 0 Å². The molecule has 33 heavy (non-hydrogen) atoms. The van der Waals surface area contributed by atoms with Crippen molar-refractivity contribution in [1.29, 1.82) is 0 Å². The fourth-order valence-corrected chi connectivity index (χ4v) is 2.71. The van der Waals surface area contributed by atoms with Gasteiger partial charge in [-0.15, -0.1) is 0 Å². The second-order valence-electron chi connectivity index (χ2n) is 8.21. The zero-order valence-electron chi connectivity index (χ0n) is 19.1. The lowest BCUT2D eigenvalue weighted by Crippen LogP contribution is -2.36. The van der Waals surface area contributed by atoms with Crippen LogP contribution in [0.25, 0.3) is 0 Å². The van der Waals surface area contributed by atoms with Gasteiger partial charge in [-0.3, -0.25) is 14.4 Å². The van der Waals surface area contributed by atoms with Crippen LogP contribution in [0, 0.1) is 0 Å². The number of anilines is 1. The minimum Gasteiger partial charge on any atom is -0.444 e. The second-order valence-corrected chi connectivity index (χ2v) is 8.21. The monoisotopic (exact) mass is 454 g/mol. The van der Waals surface area contributed by atoms with Crippen molar-refractivity contribution in [3.05, 3.63) is 65.7 Å². The van der Waals surface area contributed by atoms with E-state index >= 15 is 0 Å². The Morgan fingerprint density at radius 1 is 0.818 bits per heavy atom. The van der Waals surface area contributed by atoms with E-state index in [0.29, 0.717) is 16.8 Å². The van der Waals surface area contributed by atoms with E-state index in [2.05, 4.69) is 21.3 Å². The maximum atomic E-state index is 12.2. The molecule has 0 fully saturated rings. The normalized spacial score (nSPS) is 10.6. The highest BCUT2D eigenvalue weighted by molar-refractivity contribution is 5.96. The molecular formula is C24H30N4O5. The lowest BCUT2D eigenvalue weighted by molar-refractivity contribution is -0.120. The van der Waals surface area contributed by atoms with Crippen LogP contribution >= 0.6 is 0 Å². The van der Waals surface area contributed by atoms with Gasteiger partial charge in [0, 0.05) is 30.8 Å². The average Bonchev–Trinajstić information content (AvgIpc) is 2.76. The highest BCUT2D eigenvalue weighted by Gasteiger charge is 2.16. The molecule has 0 bridgehead atoms. The van der Waals surface area contributed by atoms with Crippen LogP contribution < -0.4 is 21.3 Å². The van der Waals surface area contributed by atoms with Crippen molar-refractivity contribution in [2.45, 2.75) is 39.3 Å². The SMILES string of the molecule is CC(C)(C)OC(=O)NCCC(=O)Nc1ccccc1CNC(=O)CNC(=O)c1ccccc1. The summed E-state index contributed by atoms with van der Waals surface area (Å²) < 4.78 is 5.12. The Bertz CT molecular complexity index is 970. The molecule has 0 aliphatic carbocycles. The second kappa shape index (κ2) is 12.2. The smallest absolute Gasteiger partial charge is 0.407 e. The van der Waals surface area contributed by atoms with Gasteiger partial charge in [-0.1, -0.05) is 36.4 Å². The minimum absolute atomic E-state index is 0.0610. The van der Waals surface area contributed by atoms with Gasteiger partial charge in [-0.05, 0) is 44.5 Å². The van der Waals surface area contributed by atoms with Crippen LogP contribution in [0.4, 0.5) is 10.5 Å². The summed E-state index contributed by atoms with van der Waals surface area (Å²) in [5, 5.41) is 10.6. The van der Waals surface area contributed by atoms with Gasteiger partial charge in [0.25, 0.3) is 5.91 Å². The molecule has 0 radical (unpaired) electrons. The van der Waals surface area contributed by atoms with Gasteiger partial charge in [0.1, 0.15) is 5.60 Å². The maximum Gasteiger partial charge on any atom is 0.407 e. The Labute approximate surface area is 193 Å². The van der Waals surface area contributed by atoms with E-state index in [-0.39, 0.29) is 43.8 Å². The third-order valence-corrected chi connectivity index (χ3v) is 4.23. The van der Waals surface area contributed by atoms with E-state index in [1.807, 2.05) is 0 Å². The molecule has 4 amide bonds. The molecular weight excluding hydrogens is 424 g/mol. The van der Waals surface area contributed by atoms with Gasteiger partial charge in [0.2, 0.25) is 11.8 Å². The highest BCUT2D eigenvalue weighted by Crippen LogP contribution is 2.15. The number of carbonyl (C=O) groups excluding carboxylic acids is 4. The lowest BCUT2D eigenvalue weighted by atomic mass is 10.1. The first-order chi connectivity index (χ1) is 15.6. The molecule has 9 nitrogen and oxygen atoms in total. The van der Waals surface area contributed by atoms with Gasteiger partial charge in [0.05, 0.1) is 6.54 Å². The minimum atomic E-state index is -0.611. The quantitative estimate of drug-likeness (QED) is 0.463. The molecule has 0 aromatic heterocycles. The van der Waals surface area contributed by atoms with Crippen molar-refractivity contribution in [3.63, 3.8) is 0 Å². The fourth-order valence-electron chi connectivity index (χ4n) is 2.71. The van der Waals surface area contributed by atoms with Gasteiger partial charge in [0.15, 0.2) is 0 Å². The Morgan fingerprint density at radius 2 is 1.48 bits per heavy atom. The van der Waals surface area contributed by atoms with E-state index < -0.39 is 11.7 Å². The number of hydrogen-bond donors (Lipinski definition) is 4. The average molecular weight is 455 g/mol. The molecule has 0 heterocycles. The third-order valence-electron chi connectivity index (χ3n) is 4.23. The lowest BCUT2D eigenvalue weighted by Gasteiger charge is -2.19.